The van der Waals surface area contributed by atoms with Gasteiger partial charge in [0.1, 0.15) is 0 Å². The van der Waals surface area contributed by atoms with Crippen molar-refractivity contribution in [3.05, 3.63) is 64.7 Å². The molecule has 0 bridgehead atoms. The fourth-order valence-electron chi connectivity index (χ4n) is 3.81. The third kappa shape index (κ3) is 5.93. The van der Waals surface area contributed by atoms with E-state index in [1.165, 1.54) is 15.4 Å². The van der Waals surface area contributed by atoms with Crippen LogP contribution in [0.1, 0.15) is 41.6 Å². The molecule has 0 unspecified atom stereocenters. The van der Waals surface area contributed by atoms with Gasteiger partial charge in [0.05, 0.1) is 17.5 Å². The molecule has 1 amide bonds. The zero-order valence-electron chi connectivity index (χ0n) is 18.9. The van der Waals surface area contributed by atoms with Gasteiger partial charge < -0.3 is 5.32 Å². The fraction of sp³-hybridized carbons (Fsp3) is 0.458. The topological polar surface area (TPSA) is 69.7 Å². The summed E-state index contributed by atoms with van der Waals surface area (Å²) in [5, 5.41) is 3.07. The highest BCUT2D eigenvalue weighted by Crippen LogP contribution is 2.19. The molecule has 31 heavy (non-hydrogen) atoms. The van der Waals surface area contributed by atoms with Crippen LogP contribution in [0.4, 0.5) is 0 Å². The lowest BCUT2D eigenvalue weighted by Gasteiger charge is -2.22. The van der Waals surface area contributed by atoms with Gasteiger partial charge in [-0.25, -0.2) is 8.42 Å². The predicted octanol–water partition coefficient (Wildman–Crippen LogP) is 3.19. The highest BCUT2D eigenvalue weighted by molar-refractivity contribution is 7.89. The largest absolute Gasteiger partial charge is 0.348 e. The third-order valence-electron chi connectivity index (χ3n) is 5.98. The minimum atomic E-state index is -3.51. The zero-order valence-corrected chi connectivity index (χ0v) is 19.7. The lowest BCUT2D eigenvalue weighted by Crippen LogP contribution is -2.40. The summed E-state index contributed by atoms with van der Waals surface area (Å²) in [6, 6.07) is 13.1. The van der Waals surface area contributed by atoms with Gasteiger partial charge in [0.25, 0.3) is 0 Å². The predicted molar refractivity (Wildman–Crippen MR) is 123 cm³/mol. The number of benzene rings is 2. The summed E-state index contributed by atoms with van der Waals surface area (Å²) in [4.78, 5) is 15.0. The highest BCUT2D eigenvalue weighted by Gasteiger charge is 2.27. The average molecular weight is 444 g/mol. The Morgan fingerprint density at radius 1 is 0.968 bits per heavy atom. The maximum absolute atomic E-state index is 13.0. The molecule has 0 spiro atoms. The molecule has 3 rings (SSSR count). The first-order chi connectivity index (χ1) is 14.7. The standard InChI is InChI=1S/C24H33N3O3S/c1-18-6-10-23(11-7-18)31(29,30)27-13-5-12-26(14-15-27)17-24(28)25-21(4)22-9-8-19(2)20(3)16-22/h6-11,16,21H,5,12-15,17H2,1-4H3,(H,25,28)/t21-/m1/s1. The number of hydrogen-bond donors (Lipinski definition) is 1. The van der Waals surface area contributed by atoms with Crippen LogP contribution in [0.2, 0.25) is 0 Å². The Balaban J connectivity index is 1.56. The van der Waals surface area contributed by atoms with Crippen LogP contribution in [-0.4, -0.2) is 56.3 Å². The minimum absolute atomic E-state index is 0.0411. The molecular formula is C24H33N3O3S. The van der Waals surface area contributed by atoms with Crippen molar-refractivity contribution in [3.63, 3.8) is 0 Å². The van der Waals surface area contributed by atoms with Crippen LogP contribution >= 0.6 is 0 Å². The lowest BCUT2D eigenvalue weighted by atomic mass is 10.0. The summed E-state index contributed by atoms with van der Waals surface area (Å²) in [6.45, 7) is 10.4. The molecule has 2 aromatic carbocycles. The molecule has 6 nitrogen and oxygen atoms in total. The second kappa shape index (κ2) is 9.94. The van der Waals surface area contributed by atoms with Gasteiger partial charge in [-0.3, -0.25) is 9.69 Å². The van der Waals surface area contributed by atoms with Gasteiger partial charge in [-0.15, -0.1) is 0 Å². The third-order valence-corrected chi connectivity index (χ3v) is 7.89. The van der Waals surface area contributed by atoms with E-state index < -0.39 is 10.0 Å². The molecule has 0 aromatic heterocycles. The first kappa shape index (κ1) is 23.4. The van der Waals surface area contributed by atoms with Crippen LogP contribution in [0.25, 0.3) is 0 Å². The van der Waals surface area contributed by atoms with E-state index in [9.17, 15) is 13.2 Å². The van der Waals surface area contributed by atoms with Gasteiger partial charge >= 0.3 is 0 Å². The molecule has 1 fully saturated rings. The van der Waals surface area contributed by atoms with E-state index in [2.05, 4.69) is 31.3 Å². The number of nitrogens with one attached hydrogen (secondary N) is 1. The summed E-state index contributed by atoms with van der Waals surface area (Å²) in [5.74, 6) is -0.0411. The molecule has 1 aliphatic rings. The van der Waals surface area contributed by atoms with Crippen molar-refractivity contribution in [1.29, 1.82) is 0 Å². The number of rotatable bonds is 6. The van der Waals surface area contributed by atoms with Crippen LogP contribution in [0.15, 0.2) is 47.4 Å². The Kier molecular flexibility index (Phi) is 7.51. The average Bonchev–Trinajstić information content (AvgIpc) is 2.96. The fourth-order valence-corrected chi connectivity index (χ4v) is 5.28. The van der Waals surface area contributed by atoms with Gasteiger partial charge in [0.2, 0.25) is 15.9 Å². The molecule has 1 saturated heterocycles. The quantitative estimate of drug-likeness (QED) is 0.745. The first-order valence-electron chi connectivity index (χ1n) is 10.8. The number of carbonyl (C=O) groups excluding carboxylic acids is 1. The van der Waals surface area contributed by atoms with Crippen LogP contribution < -0.4 is 5.32 Å². The maximum atomic E-state index is 13.0. The molecule has 0 radical (unpaired) electrons. The normalized spacial score (nSPS) is 17.2. The van der Waals surface area contributed by atoms with Crippen molar-refractivity contribution >= 4 is 15.9 Å². The summed E-state index contributed by atoms with van der Waals surface area (Å²) < 4.78 is 27.5. The molecular weight excluding hydrogens is 410 g/mol. The van der Waals surface area contributed by atoms with Crippen LogP contribution in [0.5, 0.6) is 0 Å². The highest BCUT2D eigenvalue weighted by atomic mass is 32.2. The van der Waals surface area contributed by atoms with E-state index in [0.29, 0.717) is 37.5 Å². The van der Waals surface area contributed by atoms with Gasteiger partial charge in [0, 0.05) is 19.6 Å². The second-order valence-corrected chi connectivity index (χ2v) is 10.4. The molecule has 1 N–H and O–H groups in total. The number of carbonyl (C=O) groups is 1. The van der Waals surface area contributed by atoms with Gasteiger partial charge in [-0.05, 0) is 69.5 Å². The summed E-state index contributed by atoms with van der Waals surface area (Å²) in [6.07, 6.45) is 0.699. The molecule has 0 saturated carbocycles. The summed E-state index contributed by atoms with van der Waals surface area (Å²) in [7, 11) is -3.51. The van der Waals surface area contributed by atoms with Crippen molar-refractivity contribution in [1.82, 2.24) is 14.5 Å². The maximum Gasteiger partial charge on any atom is 0.243 e. The zero-order chi connectivity index (χ0) is 22.6. The number of aryl methyl sites for hydroxylation is 3. The van der Waals surface area contributed by atoms with Crippen molar-refractivity contribution in [3.8, 4) is 0 Å². The van der Waals surface area contributed by atoms with Crippen molar-refractivity contribution in [2.75, 3.05) is 32.7 Å². The SMILES string of the molecule is Cc1ccc(S(=O)(=O)N2CCCN(CC(=O)N[C@H](C)c3ccc(C)c(C)c3)CC2)cc1. The van der Waals surface area contributed by atoms with E-state index in [1.54, 1.807) is 12.1 Å². The number of sulfonamides is 1. The molecule has 1 aliphatic heterocycles. The molecule has 168 valence electrons. The van der Waals surface area contributed by atoms with Crippen LogP contribution in [-0.2, 0) is 14.8 Å². The van der Waals surface area contributed by atoms with Gasteiger partial charge in [-0.2, -0.15) is 4.31 Å². The van der Waals surface area contributed by atoms with Crippen molar-refractivity contribution < 1.29 is 13.2 Å². The Labute approximate surface area is 186 Å². The molecule has 1 atom stereocenters. The summed E-state index contributed by atoms with van der Waals surface area (Å²) >= 11 is 0. The number of amides is 1. The molecule has 1 heterocycles. The summed E-state index contributed by atoms with van der Waals surface area (Å²) in [5.41, 5.74) is 4.56. The van der Waals surface area contributed by atoms with E-state index in [-0.39, 0.29) is 18.5 Å². The number of hydrogen-bond acceptors (Lipinski definition) is 4. The van der Waals surface area contributed by atoms with Crippen LogP contribution in [0, 0.1) is 20.8 Å². The van der Waals surface area contributed by atoms with E-state index in [4.69, 9.17) is 0 Å². The minimum Gasteiger partial charge on any atom is -0.348 e. The van der Waals surface area contributed by atoms with E-state index >= 15 is 0 Å². The van der Waals surface area contributed by atoms with E-state index in [0.717, 1.165) is 11.1 Å². The van der Waals surface area contributed by atoms with Crippen molar-refractivity contribution in [2.24, 2.45) is 0 Å². The number of nitrogens with zero attached hydrogens (tertiary/aromatic N) is 2. The Hall–Kier alpha value is -2.22. The Morgan fingerprint density at radius 3 is 2.35 bits per heavy atom. The monoisotopic (exact) mass is 443 g/mol. The van der Waals surface area contributed by atoms with Gasteiger partial charge in [-0.1, -0.05) is 35.9 Å². The first-order valence-corrected chi connectivity index (χ1v) is 12.3. The van der Waals surface area contributed by atoms with Gasteiger partial charge in [0.15, 0.2) is 0 Å². The molecule has 7 heteroatoms. The van der Waals surface area contributed by atoms with Crippen molar-refractivity contribution in [2.45, 2.75) is 45.1 Å². The lowest BCUT2D eigenvalue weighted by molar-refractivity contribution is -0.122. The smallest absolute Gasteiger partial charge is 0.243 e. The second-order valence-electron chi connectivity index (χ2n) is 8.48. The molecule has 2 aromatic rings. The van der Waals surface area contributed by atoms with Crippen LogP contribution in [0.3, 0.4) is 0 Å². The Morgan fingerprint density at radius 2 is 1.68 bits per heavy atom. The molecule has 0 aliphatic carbocycles. The van der Waals surface area contributed by atoms with E-state index in [1.807, 2.05) is 36.9 Å². The Bertz CT molecular complexity index is 1020.